The van der Waals surface area contributed by atoms with Gasteiger partial charge in [0.05, 0.1) is 11.3 Å². The van der Waals surface area contributed by atoms with Crippen molar-refractivity contribution in [1.82, 2.24) is 0 Å². The number of nitriles is 1. The van der Waals surface area contributed by atoms with Gasteiger partial charge in [0.25, 0.3) is 5.91 Å². The van der Waals surface area contributed by atoms with Crippen molar-refractivity contribution >= 4 is 23.2 Å². The Morgan fingerprint density at radius 1 is 1.53 bits per heavy atom. The fourth-order valence-electron chi connectivity index (χ4n) is 0.905. The third kappa shape index (κ3) is 2.89. The molecule has 0 bridgehead atoms. The fourth-order valence-corrected chi connectivity index (χ4v) is 1.08. The van der Waals surface area contributed by atoms with E-state index in [-0.39, 0.29) is 16.3 Å². The Kier molecular flexibility index (Phi) is 3.58. The molecule has 0 spiro atoms. The van der Waals surface area contributed by atoms with Gasteiger partial charge in [-0.05, 0) is 18.2 Å². The molecular weight excluding hydrogens is 226 g/mol. The highest BCUT2D eigenvalue weighted by atomic mass is 35.5. The van der Waals surface area contributed by atoms with Crippen LogP contribution in [0.1, 0.15) is 5.56 Å². The van der Waals surface area contributed by atoms with Crippen LogP contribution in [-0.4, -0.2) is 12.3 Å². The first kappa shape index (κ1) is 11.4. The van der Waals surface area contributed by atoms with E-state index in [4.69, 9.17) is 16.9 Å². The predicted octanol–water partition coefficient (Wildman–Crippen LogP) is 2.42. The van der Waals surface area contributed by atoms with Crippen molar-refractivity contribution < 1.29 is 13.6 Å². The van der Waals surface area contributed by atoms with E-state index in [9.17, 15) is 13.6 Å². The Morgan fingerprint density at radius 3 is 2.73 bits per heavy atom. The number of hydrogen-bond acceptors (Lipinski definition) is 2. The summed E-state index contributed by atoms with van der Waals surface area (Å²) in [6.45, 7) is 0. The van der Waals surface area contributed by atoms with E-state index in [1.54, 1.807) is 6.07 Å². The van der Waals surface area contributed by atoms with Crippen LogP contribution in [0, 0.1) is 11.3 Å². The number of alkyl halides is 2. The molecule has 3 nitrogen and oxygen atoms in total. The number of anilines is 1. The lowest BCUT2D eigenvalue weighted by Crippen LogP contribution is -2.20. The Bertz CT molecular complexity index is 429. The van der Waals surface area contributed by atoms with Gasteiger partial charge in [-0.25, -0.2) is 0 Å². The minimum atomic E-state index is -3.13. The van der Waals surface area contributed by atoms with Crippen molar-refractivity contribution in [3.8, 4) is 6.07 Å². The average molecular weight is 231 g/mol. The van der Waals surface area contributed by atoms with Gasteiger partial charge in [-0.15, -0.1) is 0 Å². The van der Waals surface area contributed by atoms with Gasteiger partial charge in [0.1, 0.15) is 6.07 Å². The monoisotopic (exact) mass is 230 g/mol. The van der Waals surface area contributed by atoms with Crippen molar-refractivity contribution in [2.24, 2.45) is 0 Å². The summed E-state index contributed by atoms with van der Waals surface area (Å²) in [6, 6.07) is 5.75. The number of carbonyl (C=O) groups is 1. The van der Waals surface area contributed by atoms with Crippen LogP contribution < -0.4 is 5.32 Å². The van der Waals surface area contributed by atoms with Crippen LogP contribution in [-0.2, 0) is 4.79 Å². The van der Waals surface area contributed by atoms with E-state index >= 15 is 0 Å². The zero-order valence-corrected chi connectivity index (χ0v) is 8.05. The maximum Gasteiger partial charge on any atom is 0.315 e. The van der Waals surface area contributed by atoms with Crippen LogP contribution >= 0.6 is 11.6 Å². The fraction of sp³-hybridized carbons (Fsp3) is 0.111. The summed E-state index contributed by atoms with van der Waals surface area (Å²) in [5, 5.41) is 10.8. The number of nitrogens with zero attached hydrogens (tertiary/aromatic N) is 1. The normalized spacial score (nSPS) is 9.80. The Hall–Kier alpha value is -1.67. The summed E-state index contributed by atoms with van der Waals surface area (Å²) in [5.41, 5.74) is 0.0590. The highest BCUT2D eigenvalue weighted by Gasteiger charge is 2.16. The van der Waals surface area contributed by atoms with Gasteiger partial charge in [-0.2, -0.15) is 14.0 Å². The van der Waals surface area contributed by atoms with E-state index < -0.39 is 12.3 Å². The smallest absolute Gasteiger partial charge is 0.315 e. The molecule has 0 saturated carbocycles. The third-order valence-electron chi connectivity index (χ3n) is 1.56. The lowest BCUT2D eigenvalue weighted by molar-refractivity contribution is -0.126. The van der Waals surface area contributed by atoms with Crippen LogP contribution in [0.4, 0.5) is 14.5 Å². The molecule has 1 aromatic rings. The summed E-state index contributed by atoms with van der Waals surface area (Å²) in [5.74, 6) is -1.46. The molecule has 1 rings (SSSR count). The van der Waals surface area contributed by atoms with Crippen molar-refractivity contribution in [1.29, 1.82) is 5.26 Å². The maximum absolute atomic E-state index is 11.9. The zero-order chi connectivity index (χ0) is 11.4. The molecule has 0 aliphatic rings. The summed E-state index contributed by atoms with van der Waals surface area (Å²) >= 11 is 5.59. The van der Waals surface area contributed by atoms with Gasteiger partial charge in [0, 0.05) is 5.02 Å². The van der Waals surface area contributed by atoms with E-state index in [1.807, 2.05) is 5.32 Å². The van der Waals surface area contributed by atoms with Gasteiger partial charge in [-0.1, -0.05) is 11.6 Å². The molecule has 0 aliphatic heterocycles. The second-order valence-electron chi connectivity index (χ2n) is 2.59. The molecule has 0 aliphatic carbocycles. The van der Waals surface area contributed by atoms with Gasteiger partial charge in [-0.3, -0.25) is 4.79 Å². The topological polar surface area (TPSA) is 52.9 Å². The molecular formula is C9H5ClF2N2O. The van der Waals surface area contributed by atoms with Crippen molar-refractivity contribution in [2.45, 2.75) is 6.43 Å². The average Bonchev–Trinajstić information content (AvgIpc) is 2.18. The van der Waals surface area contributed by atoms with Crippen molar-refractivity contribution in [2.75, 3.05) is 5.32 Å². The summed E-state index contributed by atoms with van der Waals surface area (Å²) in [4.78, 5) is 10.7. The molecule has 0 radical (unpaired) electrons. The summed E-state index contributed by atoms with van der Waals surface area (Å²) in [6.07, 6.45) is -3.13. The van der Waals surface area contributed by atoms with E-state index in [1.165, 1.54) is 18.2 Å². The van der Waals surface area contributed by atoms with E-state index in [2.05, 4.69) is 0 Å². The SMILES string of the molecule is N#Cc1ccc(Cl)cc1NC(=O)C(F)F. The van der Waals surface area contributed by atoms with Gasteiger partial charge in [0.15, 0.2) is 0 Å². The van der Waals surface area contributed by atoms with Crippen LogP contribution in [0.15, 0.2) is 18.2 Å². The molecule has 1 amide bonds. The minimum absolute atomic E-state index is 0.0182. The highest BCUT2D eigenvalue weighted by molar-refractivity contribution is 6.31. The highest BCUT2D eigenvalue weighted by Crippen LogP contribution is 2.20. The largest absolute Gasteiger partial charge is 0.320 e. The number of benzene rings is 1. The molecule has 0 unspecified atom stereocenters. The standard InChI is InChI=1S/C9H5ClF2N2O/c10-6-2-1-5(4-13)7(3-6)14-9(15)8(11)12/h1-3,8H,(H,14,15). The predicted molar refractivity (Wildman–Crippen MR) is 50.8 cm³/mol. The number of hydrogen-bond donors (Lipinski definition) is 1. The maximum atomic E-state index is 11.9. The van der Waals surface area contributed by atoms with Crippen molar-refractivity contribution in [3.05, 3.63) is 28.8 Å². The number of halogens is 3. The van der Waals surface area contributed by atoms with Crippen LogP contribution in [0.2, 0.25) is 5.02 Å². The quantitative estimate of drug-likeness (QED) is 0.848. The van der Waals surface area contributed by atoms with E-state index in [0.29, 0.717) is 0 Å². The number of carbonyl (C=O) groups excluding carboxylic acids is 1. The van der Waals surface area contributed by atoms with Gasteiger partial charge >= 0.3 is 6.43 Å². The molecule has 15 heavy (non-hydrogen) atoms. The Labute approximate surface area is 89.3 Å². The van der Waals surface area contributed by atoms with Gasteiger partial charge in [0.2, 0.25) is 0 Å². The third-order valence-corrected chi connectivity index (χ3v) is 1.79. The second-order valence-corrected chi connectivity index (χ2v) is 3.03. The van der Waals surface area contributed by atoms with Crippen LogP contribution in [0.25, 0.3) is 0 Å². The number of rotatable bonds is 2. The Balaban J connectivity index is 2.98. The molecule has 0 heterocycles. The Morgan fingerprint density at radius 2 is 2.20 bits per heavy atom. The van der Waals surface area contributed by atoms with Gasteiger partial charge < -0.3 is 5.32 Å². The molecule has 1 aromatic carbocycles. The second kappa shape index (κ2) is 4.71. The lowest BCUT2D eigenvalue weighted by atomic mass is 10.2. The van der Waals surface area contributed by atoms with Crippen LogP contribution in [0.5, 0.6) is 0 Å². The molecule has 78 valence electrons. The van der Waals surface area contributed by atoms with Crippen LogP contribution in [0.3, 0.4) is 0 Å². The summed E-state index contributed by atoms with van der Waals surface area (Å²) in [7, 11) is 0. The summed E-state index contributed by atoms with van der Waals surface area (Å²) < 4.78 is 23.8. The minimum Gasteiger partial charge on any atom is -0.320 e. The molecule has 0 atom stereocenters. The lowest BCUT2D eigenvalue weighted by Gasteiger charge is -2.06. The zero-order valence-electron chi connectivity index (χ0n) is 7.30. The first-order chi connectivity index (χ1) is 7.04. The molecule has 6 heteroatoms. The molecule has 0 saturated heterocycles. The first-order valence-corrected chi connectivity index (χ1v) is 4.21. The molecule has 1 N–H and O–H groups in total. The molecule has 0 fully saturated rings. The van der Waals surface area contributed by atoms with Crippen molar-refractivity contribution in [3.63, 3.8) is 0 Å². The first-order valence-electron chi connectivity index (χ1n) is 3.83. The number of amides is 1. The number of nitrogens with one attached hydrogen (secondary N) is 1. The van der Waals surface area contributed by atoms with E-state index in [0.717, 1.165) is 0 Å². The molecule has 0 aromatic heterocycles.